The summed E-state index contributed by atoms with van der Waals surface area (Å²) in [6.45, 7) is 3.91. The molecule has 2 rings (SSSR count). The van der Waals surface area contributed by atoms with E-state index >= 15 is 0 Å². The van der Waals surface area contributed by atoms with Gasteiger partial charge in [-0.2, -0.15) is 0 Å². The first-order chi connectivity index (χ1) is 9.08. The van der Waals surface area contributed by atoms with Gasteiger partial charge in [0.1, 0.15) is 5.75 Å². The Bertz CT molecular complexity index is 579. The number of ether oxygens (including phenoxy) is 1. The monoisotopic (exact) mass is 275 g/mol. The topological polar surface area (TPSA) is 39.2 Å². The first-order valence-electron chi connectivity index (χ1n) is 5.99. The van der Waals surface area contributed by atoms with Crippen molar-refractivity contribution in [1.82, 2.24) is 4.98 Å². The SMILES string of the molecule is CC(C)Oc1ccc(C(=O)c2ccncc2Cl)cc1. The van der Waals surface area contributed by atoms with Crippen LogP contribution in [-0.4, -0.2) is 16.9 Å². The minimum absolute atomic E-state index is 0.108. The van der Waals surface area contributed by atoms with Gasteiger partial charge in [-0.05, 0) is 44.2 Å². The largest absolute Gasteiger partial charge is 0.491 e. The number of carbonyl (C=O) groups excluding carboxylic acids is 1. The molecule has 4 heteroatoms. The van der Waals surface area contributed by atoms with E-state index in [9.17, 15) is 4.79 Å². The second-order valence-corrected chi connectivity index (χ2v) is 4.78. The Kier molecular flexibility index (Phi) is 4.17. The molecule has 0 spiro atoms. The first kappa shape index (κ1) is 13.6. The Morgan fingerprint density at radius 2 is 1.89 bits per heavy atom. The van der Waals surface area contributed by atoms with E-state index in [-0.39, 0.29) is 11.9 Å². The van der Waals surface area contributed by atoms with Crippen molar-refractivity contribution in [3.63, 3.8) is 0 Å². The number of hydrogen-bond donors (Lipinski definition) is 0. The van der Waals surface area contributed by atoms with Gasteiger partial charge >= 0.3 is 0 Å². The maximum absolute atomic E-state index is 12.2. The van der Waals surface area contributed by atoms with Gasteiger partial charge in [-0.3, -0.25) is 9.78 Å². The summed E-state index contributed by atoms with van der Waals surface area (Å²) in [5, 5.41) is 0.356. The van der Waals surface area contributed by atoms with E-state index < -0.39 is 0 Å². The van der Waals surface area contributed by atoms with E-state index in [1.54, 1.807) is 36.5 Å². The molecule has 1 aromatic carbocycles. The van der Waals surface area contributed by atoms with E-state index in [4.69, 9.17) is 16.3 Å². The van der Waals surface area contributed by atoms with Gasteiger partial charge in [0.05, 0.1) is 11.1 Å². The summed E-state index contributed by atoms with van der Waals surface area (Å²) in [7, 11) is 0. The van der Waals surface area contributed by atoms with Crippen molar-refractivity contribution in [2.24, 2.45) is 0 Å². The van der Waals surface area contributed by atoms with Crippen molar-refractivity contribution in [3.05, 3.63) is 58.9 Å². The van der Waals surface area contributed by atoms with Crippen LogP contribution >= 0.6 is 11.6 Å². The Hall–Kier alpha value is -1.87. The zero-order valence-corrected chi connectivity index (χ0v) is 11.5. The van der Waals surface area contributed by atoms with Crippen molar-refractivity contribution < 1.29 is 9.53 Å². The average Bonchev–Trinajstić information content (AvgIpc) is 2.39. The predicted octanol–water partition coefficient (Wildman–Crippen LogP) is 3.75. The van der Waals surface area contributed by atoms with Gasteiger partial charge in [0.2, 0.25) is 0 Å². The molecule has 0 amide bonds. The number of nitrogens with zero attached hydrogens (tertiary/aromatic N) is 1. The molecule has 0 bridgehead atoms. The van der Waals surface area contributed by atoms with Crippen LogP contribution in [0.4, 0.5) is 0 Å². The quantitative estimate of drug-likeness (QED) is 0.798. The van der Waals surface area contributed by atoms with Crippen LogP contribution in [0.15, 0.2) is 42.7 Å². The number of carbonyl (C=O) groups is 1. The summed E-state index contributed by atoms with van der Waals surface area (Å²) in [6.07, 6.45) is 3.12. The molecule has 0 saturated carbocycles. The lowest BCUT2D eigenvalue weighted by Crippen LogP contribution is -2.06. The molecule has 19 heavy (non-hydrogen) atoms. The maximum Gasteiger partial charge on any atom is 0.194 e. The molecule has 0 radical (unpaired) electrons. The highest BCUT2D eigenvalue weighted by molar-refractivity contribution is 6.34. The maximum atomic E-state index is 12.2. The molecule has 1 aromatic heterocycles. The normalized spacial score (nSPS) is 10.5. The van der Waals surface area contributed by atoms with Crippen molar-refractivity contribution in [1.29, 1.82) is 0 Å². The smallest absolute Gasteiger partial charge is 0.194 e. The molecule has 0 saturated heterocycles. The summed E-state index contributed by atoms with van der Waals surface area (Å²) in [4.78, 5) is 16.1. The van der Waals surface area contributed by atoms with Gasteiger partial charge in [0.25, 0.3) is 0 Å². The van der Waals surface area contributed by atoms with Crippen LogP contribution in [-0.2, 0) is 0 Å². The first-order valence-corrected chi connectivity index (χ1v) is 6.36. The molecule has 0 atom stereocenters. The molecule has 0 unspecified atom stereocenters. The van der Waals surface area contributed by atoms with E-state index in [2.05, 4.69) is 4.98 Å². The fourth-order valence-electron chi connectivity index (χ4n) is 1.67. The van der Waals surface area contributed by atoms with Crippen molar-refractivity contribution >= 4 is 17.4 Å². The third-order valence-electron chi connectivity index (χ3n) is 2.51. The Morgan fingerprint density at radius 1 is 1.21 bits per heavy atom. The third kappa shape index (κ3) is 3.32. The predicted molar refractivity (Wildman–Crippen MR) is 74.9 cm³/mol. The molecule has 98 valence electrons. The van der Waals surface area contributed by atoms with Gasteiger partial charge in [-0.15, -0.1) is 0 Å². The van der Waals surface area contributed by atoms with Crippen molar-refractivity contribution in [2.45, 2.75) is 20.0 Å². The molecular formula is C15H14ClNO2. The van der Waals surface area contributed by atoms with Gasteiger partial charge in [-0.25, -0.2) is 0 Å². The lowest BCUT2D eigenvalue weighted by Gasteiger charge is -2.10. The molecule has 0 aliphatic rings. The van der Waals surface area contributed by atoms with Crippen LogP contribution in [0.2, 0.25) is 5.02 Å². The second kappa shape index (κ2) is 5.85. The molecule has 1 heterocycles. The van der Waals surface area contributed by atoms with E-state index in [1.165, 1.54) is 6.20 Å². The van der Waals surface area contributed by atoms with Gasteiger partial charge in [-0.1, -0.05) is 11.6 Å². The van der Waals surface area contributed by atoms with Crippen LogP contribution in [0.1, 0.15) is 29.8 Å². The van der Waals surface area contributed by atoms with Gasteiger partial charge in [0, 0.05) is 23.5 Å². The van der Waals surface area contributed by atoms with Crippen LogP contribution in [0.5, 0.6) is 5.75 Å². The molecule has 0 aliphatic heterocycles. The number of pyridine rings is 1. The number of halogens is 1. The molecule has 3 nitrogen and oxygen atoms in total. The fraction of sp³-hybridized carbons (Fsp3) is 0.200. The molecule has 2 aromatic rings. The zero-order valence-electron chi connectivity index (χ0n) is 10.8. The van der Waals surface area contributed by atoms with E-state index in [0.29, 0.717) is 16.1 Å². The van der Waals surface area contributed by atoms with Gasteiger partial charge in [0.15, 0.2) is 5.78 Å². The van der Waals surface area contributed by atoms with Crippen LogP contribution in [0.3, 0.4) is 0 Å². The number of rotatable bonds is 4. The lowest BCUT2D eigenvalue weighted by atomic mass is 10.0. The van der Waals surface area contributed by atoms with Crippen molar-refractivity contribution in [2.75, 3.05) is 0 Å². The number of ketones is 1. The molecular weight excluding hydrogens is 262 g/mol. The third-order valence-corrected chi connectivity index (χ3v) is 2.81. The van der Waals surface area contributed by atoms with Crippen LogP contribution < -0.4 is 4.74 Å². The molecule has 0 fully saturated rings. The van der Waals surface area contributed by atoms with E-state index in [1.807, 2.05) is 13.8 Å². The minimum Gasteiger partial charge on any atom is -0.491 e. The second-order valence-electron chi connectivity index (χ2n) is 4.38. The Balaban J connectivity index is 2.23. The number of benzene rings is 1. The van der Waals surface area contributed by atoms with E-state index in [0.717, 1.165) is 5.75 Å². The highest BCUT2D eigenvalue weighted by atomic mass is 35.5. The Labute approximate surface area is 117 Å². The molecule has 0 aliphatic carbocycles. The summed E-state index contributed by atoms with van der Waals surface area (Å²) in [6, 6.07) is 8.64. The highest BCUT2D eigenvalue weighted by Crippen LogP contribution is 2.20. The highest BCUT2D eigenvalue weighted by Gasteiger charge is 2.12. The summed E-state index contributed by atoms with van der Waals surface area (Å²) < 4.78 is 5.53. The van der Waals surface area contributed by atoms with Gasteiger partial charge < -0.3 is 4.74 Å². The number of hydrogen-bond acceptors (Lipinski definition) is 3. The molecule has 0 N–H and O–H groups in total. The van der Waals surface area contributed by atoms with Crippen LogP contribution in [0, 0.1) is 0 Å². The zero-order chi connectivity index (χ0) is 13.8. The lowest BCUT2D eigenvalue weighted by molar-refractivity contribution is 0.103. The van der Waals surface area contributed by atoms with Crippen LogP contribution in [0.25, 0.3) is 0 Å². The summed E-state index contributed by atoms with van der Waals surface area (Å²) in [5.74, 6) is 0.621. The standard InChI is InChI=1S/C15H14ClNO2/c1-10(2)19-12-5-3-11(4-6-12)15(18)13-7-8-17-9-14(13)16/h3-10H,1-2H3. The average molecular weight is 276 g/mol. The summed E-state index contributed by atoms with van der Waals surface area (Å²) >= 11 is 5.96. The fourth-order valence-corrected chi connectivity index (χ4v) is 1.88. The summed E-state index contributed by atoms with van der Waals surface area (Å²) in [5.41, 5.74) is 1.03. The van der Waals surface area contributed by atoms with Crippen molar-refractivity contribution in [3.8, 4) is 5.75 Å². The number of aromatic nitrogens is 1. The Morgan fingerprint density at radius 3 is 2.47 bits per heavy atom. The minimum atomic E-state index is -0.122.